The number of thiophene rings is 1. The first kappa shape index (κ1) is 31.5. The summed E-state index contributed by atoms with van der Waals surface area (Å²) in [6.45, 7) is 2.60. The van der Waals surface area contributed by atoms with Crippen LogP contribution in [0.15, 0.2) is 89.8 Å². The molecule has 2 aliphatic heterocycles. The molecule has 2 aliphatic rings. The van der Waals surface area contributed by atoms with Crippen molar-refractivity contribution in [2.24, 2.45) is 0 Å². The van der Waals surface area contributed by atoms with Gasteiger partial charge in [0.05, 0.1) is 34.0 Å². The molecule has 2 amide bonds. The third-order valence-electron chi connectivity index (χ3n) is 8.66. The highest BCUT2D eigenvalue weighted by Crippen LogP contribution is 2.42. The number of fused-ring (bicyclic) bond motifs is 4. The molecule has 5 aromatic rings. The second-order valence-electron chi connectivity index (χ2n) is 11.7. The molecule has 0 saturated carbocycles. The lowest BCUT2D eigenvalue weighted by molar-refractivity contribution is 0.0981. The van der Waals surface area contributed by atoms with E-state index in [-0.39, 0.29) is 34.5 Å². The van der Waals surface area contributed by atoms with Gasteiger partial charge in [-0.1, -0.05) is 42.5 Å². The molecule has 4 heterocycles. The number of methoxy groups -OCH3 is 1. The minimum atomic E-state index is -3.55. The number of hydrogen-bond donors (Lipinski definition) is 1. The summed E-state index contributed by atoms with van der Waals surface area (Å²) in [5.74, 6) is -0.307. The second-order valence-corrected chi connectivity index (χ2v) is 14.8. The van der Waals surface area contributed by atoms with E-state index in [0.29, 0.717) is 52.8 Å². The average Bonchev–Trinajstić information content (AvgIpc) is 3.39. The fourth-order valence-electron chi connectivity index (χ4n) is 6.14. The number of carbonyl (C=O) groups excluding carboxylic acids is 2. The largest absolute Gasteiger partial charge is 0.497 e. The Morgan fingerprint density at radius 1 is 0.958 bits per heavy atom. The van der Waals surface area contributed by atoms with Crippen LogP contribution in [-0.2, 0) is 22.8 Å². The zero-order valence-corrected chi connectivity index (χ0v) is 27.8. The fraction of sp³-hybridized carbons (Fsp3) is 0.194. The normalized spacial score (nSPS) is 15.0. The summed E-state index contributed by atoms with van der Waals surface area (Å²) in [5.41, 5.74) is 4.07. The van der Waals surface area contributed by atoms with Crippen molar-refractivity contribution in [3.8, 4) is 16.2 Å². The molecule has 0 spiro atoms. The highest BCUT2D eigenvalue weighted by molar-refractivity contribution is 7.91. The number of carbonyl (C=O) groups is 2. The van der Waals surface area contributed by atoms with Gasteiger partial charge in [0.1, 0.15) is 23.1 Å². The highest BCUT2D eigenvalue weighted by atomic mass is 32.2. The summed E-state index contributed by atoms with van der Waals surface area (Å²) in [6.07, 6.45) is 0.488. The monoisotopic (exact) mass is 682 g/mol. The van der Waals surface area contributed by atoms with E-state index in [1.54, 1.807) is 60.4 Å². The molecule has 0 fully saturated rings. The average molecular weight is 683 g/mol. The van der Waals surface area contributed by atoms with Crippen LogP contribution in [0.5, 0.6) is 5.75 Å². The number of halogens is 1. The summed E-state index contributed by atoms with van der Waals surface area (Å²) < 4.78 is 45.9. The summed E-state index contributed by atoms with van der Waals surface area (Å²) in [4.78, 5) is 37.2. The number of aryl methyl sites for hydroxylation is 1. The SMILES string of the molecule is COc1ccc2c(c1)S(=O)(=O)CCN(c1cccc(C(=O)N3CCc4cc(C(=O)Nc5c(C)cccc5F)sc4-c4ccccc43)n1)C2. The molecule has 7 rings (SSSR count). The number of anilines is 3. The molecule has 3 aromatic carbocycles. The molecular weight excluding hydrogens is 652 g/mol. The third-order valence-corrected chi connectivity index (χ3v) is 11.6. The number of pyridine rings is 1. The van der Waals surface area contributed by atoms with E-state index in [4.69, 9.17) is 9.72 Å². The number of nitrogens with zero attached hydrogens (tertiary/aromatic N) is 3. The van der Waals surface area contributed by atoms with Crippen molar-refractivity contribution in [3.63, 3.8) is 0 Å². The Bertz CT molecular complexity index is 2180. The number of benzene rings is 3. The molecule has 2 aromatic heterocycles. The van der Waals surface area contributed by atoms with E-state index >= 15 is 0 Å². The Hall–Kier alpha value is -5.07. The third kappa shape index (κ3) is 5.82. The highest BCUT2D eigenvalue weighted by Gasteiger charge is 2.30. The van der Waals surface area contributed by atoms with Crippen molar-refractivity contribution < 1.29 is 27.1 Å². The molecule has 0 radical (unpaired) electrons. The van der Waals surface area contributed by atoms with Gasteiger partial charge in [-0.2, -0.15) is 0 Å². The van der Waals surface area contributed by atoms with E-state index in [0.717, 1.165) is 16.0 Å². The van der Waals surface area contributed by atoms with Gasteiger partial charge in [0, 0.05) is 30.1 Å². The molecule has 9 nitrogen and oxygen atoms in total. The van der Waals surface area contributed by atoms with Gasteiger partial charge >= 0.3 is 0 Å². The van der Waals surface area contributed by atoms with Gasteiger partial charge in [0.25, 0.3) is 11.8 Å². The Morgan fingerprint density at radius 2 is 1.77 bits per heavy atom. The van der Waals surface area contributed by atoms with Gasteiger partial charge in [-0.05, 0) is 72.5 Å². The quantitative estimate of drug-likeness (QED) is 0.225. The molecule has 0 saturated heterocycles. The van der Waals surface area contributed by atoms with Crippen LogP contribution >= 0.6 is 11.3 Å². The minimum absolute atomic E-state index is 0.102. The number of ether oxygens (including phenoxy) is 1. The summed E-state index contributed by atoms with van der Waals surface area (Å²) >= 11 is 1.31. The van der Waals surface area contributed by atoms with Crippen molar-refractivity contribution in [2.75, 3.05) is 41.1 Å². The van der Waals surface area contributed by atoms with E-state index in [1.807, 2.05) is 35.2 Å². The lowest BCUT2D eigenvalue weighted by Crippen LogP contribution is -2.34. The molecule has 1 N–H and O–H groups in total. The van der Waals surface area contributed by atoms with Gasteiger partial charge in [-0.25, -0.2) is 17.8 Å². The maximum absolute atomic E-state index is 14.4. The Morgan fingerprint density at radius 3 is 2.58 bits per heavy atom. The van der Waals surface area contributed by atoms with Crippen LogP contribution in [0.25, 0.3) is 10.4 Å². The number of sulfone groups is 1. The number of aromatic nitrogens is 1. The van der Waals surface area contributed by atoms with Crippen molar-refractivity contribution >= 4 is 50.2 Å². The maximum Gasteiger partial charge on any atom is 0.276 e. The lowest BCUT2D eigenvalue weighted by Gasteiger charge is -2.25. The lowest BCUT2D eigenvalue weighted by atomic mass is 10.1. The Kier molecular flexibility index (Phi) is 8.22. The second kappa shape index (κ2) is 12.5. The number of para-hydroxylation sites is 2. The van der Waals surface area contributed by atoms with Gasteiger partial charge < -0.3 is 19.9 Å². The van der Waals surface area contributed by atoms with Gasteiger partial charge in [0.2, 0.25) is 0 Å². The smallest absolute Gasteiger partial charge is 0.276 e. The fourth-order valence-corrected chi connectivity index (χ4v) is 8.79. The molecule has 12 heteroatoms. The number of nitrogens with one attached hydrogen (secondary N) is 1. The maximum atomic E-state index is 14.4. The summed E-state index contributed by atoms with van der Waals surface area (Å²) in [5, 5.41) is 2.72. The van der Waals surface area contributed by atoms with Crippen LogP contribution in [-0.4, -0.2) is 51.2 Å². The first-order valence-corrected chi connectivity index (χ1v) is 17.8. The molecule has 0 bridgehead atoms. The standard InChI is InChI=1S/C36H31FN4O5S2/c1-22-7-5-9-27(37)33(22)39-35(42)30-19-23-15-16-41(29-11-4-3-8-26(29)34(23)47-30)36(43)28-10-6-12-32(38-28)40-17-18-48(44,45)31-20-25(46-2)14-13-24(31)21-40/h3-14,19-20H,15-18,21H2,1-2H3,(H,39,42). The van der Waals surface area contributed by atoms with Crippen molar-refractivity contribution in [3.05, 3.63) is 118 Å². The van der Waals surface area contributed by atoms with Crippen LogP contribution in [0.2, 0.25) is 0 Å². The Balaban J connectivity index is 1.16. The molecule has 0 unspecified atom stereocenters. The predicted molar refractivity (Wildman–Crippen MR) is 185 cm³/mol. The van der Waals surface area contributed by atoms with E-state index in [2.05, 4.69) is 5.32 Å². The van der Waals surface area contributed by atoms with E-state index in [1.165, 1.54) is 24.5 Å². The van der Waals surface area contributed by atoms with E-state index < -0.39 is 21.6 Å². The summed E-state index contributed by atoms with van der Waals surface area (Å²) in [7, 11) is -2.05. The topological polar surface area (TPSA) is 109 Å². The van der Waals surface area contributed by atoms with E-state index in [9.17, 15) is 22.4 Å². The van der Waals surface area contributed by atoms with Gasteiger partial charge in [-0.15, -0.1) is 11.3 Å². The first-order chi connectivity index (χ1) is 23.1. The van der Waals surface area contributed by atoms with Gasteiger partial charge in [0.15, 0.2) is 9.84 Å². The minimum Gasteiger partial charge on any atom is -0.497 e. The van der Waals surface area contributed by atoms with Crippen molar-refractivity contribution in [2.45, 2.75) is 24.8 Å². The summed E-state index contributed by atoms with van der Waals surface area (Å²) in [6, 6.07) is 24.3. The van der Waals surface area contributed by atoms with Crippen LogP contribution in [0.4, 0.5) is 21.6 Å². The molecule has 0 atom stereocenters. The zero-order chi connectivity index (χ0) is 33.6. The van der Waals surface area contributed by atoms with Crippen LogP contribution < -0.4 is 19.9 Å². The first-order valence-electron chi connectivity index (χ1n) is 15.3. The predicted octanol–water partition coefficient (Wildman–Crippen LogP) is 6.52. The Labute approximate surface area is 281 Å². The van der Waals surface area contributed by atoms with Gasteiger partial charge in [-0.3, -0.25) is 9.59 Å². The zero-order valence-electron chi connectivity index (χ0n) is 26.2. The molecule has 0 aliphatic carbocycles. The van der Waals surface area contributed by atoms with Crippen molar-refractivity contribution in [1.82, 2.24) is 4.98 Å². The number of amides is 2. The number of hydrogen-bond acceptors (Lipinski definition) is 8. The molecule has 244 valence electrons. The number of rotatable bonds is 5. The van der Waals surface area contributed by atoms with Crippen LogP contribution in [0.1, 0.15) is 36.9 Å². The van der Waals surface area contributed by atoms with Crippen molar-refractivity contribution in [1.29, 1.82) is 0 Å². The molecule has 48 heavy (non-hydrogen) atoms. The van der Waals surface area contributed by atoms with Crippen LogP contribution in [0.3, 0.4) is 0 Å². The van der Waals surface area contributed by atoms with Crippen LogP contribution in [0, 0.1) is 12.7 Å². The molecular formula is C36H31FN4O5S2.